The minimum Gasteiger partial charge on any atom is -0.396 e. The molecule has 8 heteroatoms. The van der Waals surface area contributed by atoms with Crippen LogP contribution in [-0.4, -0.2) is 34.8 Å². The van der Waals surface area contributed by atoms with E-state index >= 15 is 0 Å². The molecule has 0 radical (unpaired) electrons. The second kappa shape index (κ2) is 3.51. The van der Waals surface area contributed by atoms with Gasteiger partial charge in [-0.05, 0) is 0 Å². The van der Waals surface area contributed by atoms with Gasteiger partial charge >= 0.3 is 12.4 Å². The van der Waals surface area contributed by atoms with Gasteiger partial charge in [-0.1, -0.05) is 13.8 Å². The molecule has 2 nitrogen and oxygen atoms in total. The van der Waals surface area contributed by atoms with Gasteiger partial charge in [0.25, 0.3) is 5.60 Å². The maximum Gasteiger partial charge on any atom is 0.426 e. The highest BCUT2D eigenvalue weighted by Gasteiger charge is 2.76. The van der Waals surface area contributed by atoms with E-state index in [1.165, 1.54) is 0 Å². The molecule has 0 saturated heterocycles. The minimum absolute atomic E-state index is 0.480. The van der Waals surface area contributed by atoms with E-state index in [0.29, 0.717) is 13.8 Å². The van der Waals surface area contributed by atoms with Gasteiger partial charge in [-0.3, -0.25) is 0 Å². The summed E-state index contributed by atoms with van der Waals surface area (Å²) >= 11 is 0. The van der Waals surface area contributed by atoms with Crippen LogP contribution in [0.2, 0.25) is 0 Å². The van der Waals surface area contributed by atoms with Gasteiger partial charge < -0.3 is 10.2 Å². The van der Waals surface area contributed by atoms with Crippen molar-refractivity contribution >= 4 is 0 Å². The van der Waals surface area contributed by atoms with Gasteiger partial charge in [-0.25, -0.2) is 0 Å². The molecule has 0 unspecified atom stereocenters. The molecule has 0 heterocycles. The van der Waals surface area contributed by atoms with E-state index in [0.717, 1.165) is 0 Å². The highest BCUT2D eigenvalue weighted by Crippen LogP contribution is 2.52. The molecule has 0 saturated carbocycles. The highest BCUT2D eigenvalue weighted by atomic mass is 19.4. The van der Waals surface area contributed by atoms with Gasteiger partial charge in [0.2, 0.25) is 0 Å². The third kappa shape index (κ3) is 2.05. The lowest BCUT2D eigenvalue weighted by Crippen LogP contribution is -2.66. The third-order valence-corrected chi connectivity index (χ3v) is 2.20. The number of alkyl halides is 6. The molecule has 0 spiro atoms. The van der Waals surface area contributed by atoms with Crippen molar-refractivity contribution < 1.29 is 36.6 Å². The average molecular weight is 240 g/mol. The summed E-state index contributed by atoms with van der Waals surface area (Å²) < 4.78 is 73.2. The zero-order valence-corrected chi connectivity index (χ0v) is 7.87. The zero-order chi connectivity index (χ0) is 12.7. The first kappa shape index (κ1) is 14.5. The normalized spacial score (nSPS) is 15.6. The van der Waals surface area contributed by atoms with E-state index in [1.807, 2.05) is 0 Å². The summed E-state index contributed by atoms with van der Waals surface area (Å²) in [4.78, 5) is 0. The van der Waals surface area contributed by atoms with Gasteiger partial charge in [0.05, 0.1) is 6.61 Å². The Hall–Kier alpha value is -0.500. The van der Waals surface area contributed by atoms with Crippen LogP contribution in [0.15, 0.2) is 0 Å². The Kier molecular flexibility index (Phi) is 3.40. The van der Waals surface area contributed by atoms with E-state index in [2.05, 4.69) is 0 Å². The van der Waals surface area contributed by atoms with E-state index < -0.39 is 30.0 Å². The first-order valence-electron chi connectivity index (χ1n) is 3.78. The molecular formula is C7H10F6O2. The maximum absolute atomic E-state index is 12.2. The Morgan fingerprint density at radius 1 is 0.867 bits per heavy atom. The van der Waals surface area contributed by atoms with Crippen molar-refractivity contribution in [3.05, 3.63) is 0 Å². The van der Waals surface area contributed by atoms with Gasteiger partial charge in [0.1, 0.15) is 0 Å². The Bertz CT molecular complexity index is 215. The van der Waals surface area contributed by atoms with Crippen molar-refractivity contribution in [2.75, 3.05) is 6.61 Å². The predicted octanol–water partition coefficient (Wildman–Crippen LogP) is 1.86. The Morgan fingerprint density at radius 2 is 1.13 bits per heavy atom. The maximum atomic E-state index is 12.2. The van der Waals surface area contributed by atoms with Crippen LogP contribution in [0.25, 0.3) is 0 Å². The predicted molar refractivity (Wildman–Crippen MR) is 37.9 cm³/mol. The molecule has 0 aliphatic carbocycles. The molecular weight excluding hydrogens is 230 g/mol. The summed E-state index contributed by atoms with van der Waals surface area (Å²) in [5.74, 6) is 0. The fraction of sp³-hybridized carbons (Fsp3) is 1.00. The molecule has 0 bridgehead atoms. The average Bonchev–Trinajstić information content (AvgIpc) is 1.98. The fourth-order valence-corrected chi connectivity index (χ4v) is 1.04. The monoisotopic (exact) mass is 240 g/mol. The first-order valence-corrected chi connectivity index (χ1v) is 3.78. The molecule has 0 aromatic rings. The fourth-order valence-electron chi connectivity index (χ4n) is 1.04. The van der Waals surface area contributed by atoms with E-state index in [4.69, 9.17) is 10.2 Å². The molecule has 0 aliphatic heterocycles. The van der Waals surface area contributed by atoms with Crippen molar-refractivity contribution in [1.29, 1.82) is 0 Å². The first-order chi connectivity index (χ1) is 6.31. The number of aliphatic hydroxyl groups excluding tert-OH is 1. The van der Waals surface area contributed by atoms with E-state index in [1.54, 1.807) is 0 Å². The molecule has 2 N–H and O–H groups in total. The van der Waals surface area contributed by atoms with Crippen molar-refractivity contribution in [1.82, 2.24) is 0 Å². The van der Waals surface area contributed by atoms with Crippen LogP contribution in [0.5, 0.6) is 0 Å². The summed E-state index contributed by atoms with van der Waals surface area (Å²) in [7, 11) is 0. The minimum atomic E-state index is -5.91. The Morgan fingerprint density at radius 3 is 1.20 bits per heavy atom. The molecule has 0 aliphatic rings. The largest absolute Gasteiger partial charge is 0.426 e. The van der Waals surface area contributed by atoms with Crippen molar-refractivity contribution in [3.8, 4) is 0 Å². The second-order valence-electron chi connectivity index (χ2n) is 3.75. The number of hydrogen-bond acceptors (Lipinski definition) is 2. The molecule has 0 aromatic carbocycles. The van der Waals surface area contributed by atoms with E-state index in [9.17, 15) is 26.3 Å². The summed E-state index contributed by atoms with van der Waals surface area (Å²) in [6, 6.07) is 0. The van der Waals surface area contributed by atoms with Crippen LogP contribution in [0.3, 0.4) is 0 Å². The summed E-state index contributed by atoms with van der Waals surface area (Å²) in [5, 5.41) is 17.3. The third-order valence-electron chi connectivity index (χ3n) is 2.20. The topological polar surface area (TPSA) is 40.5 Å². The van der Waals surface area contributed by atoms with Crippen molar-refractivity contribution in [3.63, 3.8) is 0 Å². The van der Waals surface area contributed by atoms with Crippen molar-refractivity contribution in [2.24, 2.45) is 5.41 Å². The van der Waals surface area contributed by atoms with Gasteiger partial charge in [0, 0.05) is 5.41 Å². The zero-order valence-electron chi connectivity index (χ0n) is 7.87. The number of aliphatic hydroxyl groups is 2. The second-order valence-corrected chi connectivity index (χ2v) is 3.75. The van der Waals surface area contributed by atoms with Crippen LogP contribution in [0.4, 0.5) is 26.3 Å². The Balaban J connectivity index is 5.65. The van der Waals surface area contributed by atoms with Gasteiger partial charge in [-0.2, -0.15) is 26.3 Å². The quantitative estimate of drug-likeness (QED) is 0.723. The molecule has 0 aromatic heterocycles. The number of hydrogen-bond donors (Lipinski definition) is 2. The molecule has 0 atom stereocenters. The standard InChI is InChI=1S/C7H10F6O2/c1-4(2,3-14)5(15,6(8,9)10)7(11,12)13/h14-15H,3H2,1-2H3. The smallest absolute Gasteiger partial charge is 0.396 e. The Labute approximate surface area is 81.5 Å². The highest BCUT2D eigenvalue weighted by molar-refractivity contribution is 5.04. The molecule has 15 heavy (non-hydrogen) atoms. The summed E-state index contributed by atoms with van der Waals surface area (Å²) in [6.07, 6.45) is -11.8. The van der Waals surface area contributed by atoms with Crippen LogP contribution in [-0.2, 0) is 0 Å². The van der Waals surface area contributed by atoms with Crippen LogP contribution >= 0.6 is 0 Å². The number of halogens is 6. The molecule has 0 amide bonds. The van der Waals surface area contributed by atoms with Crippen molar-refractivity contribution in [2.45, 2.75) is 31.8 Å². The lowest BCUT2D eigenvalue weighted by Gasteiger charge is -2.43. The molecule has 0 fully saturated rings. The molecule has 0 rings (SSSR count). The summed E-state index contributed by atoms with van der Waals surface area (Å²) in [5.41, 5.74) is -7.70. The van der Waals surface area contributed by atoms with Crippen LogP contribution < -0.4 is 0 Å². The molecule has 92 valence electrons. The van der Waals surface area contributed by atoms with Crippen LogP contribution in [0.1, 0.15) is 13.8 Å². The van der Waals surface area contributed by atoms with Gasteiger partial charge in [0.15, 0.2) is 0 Å². The van der Waals surface area contributed by atoms with Gasteiger partial charge in [-0.15, -0.1) is 0 Å². The lowest BCUT2D eigenvalue weighted by molar-refractivity contribution is -0.402. The summed E-state index contributed by atoms with van der Waals surface area (Å²) in [6.45, 7) is -0.496. The van der Waals surface area contributed by atoms with Crippen LogP contribution in [0, 0.1) is 5.41 Å². The lowest BCUT2D eigenvalue weighted by atomic mass is 9.74. The SMILES string of the molecule is CC(C)(CO)C(O)(C(F)(F)F)C(F)(F)F. The number of rotatable bonds is 2. The van der Waals surface area contributed by atoms with E-state index in [-0.39, 0.29) is 0 Å².